The first-order valence-electron chi connectivity index (χ1n) is 13.2. The van der Waals surface area contributed by atoms with Gasteiger partial charge in [0.15, 0.2) is 0 Å². The van der Waals surface area contributed by atoms with Gasteiger partial charge >= 0.3 is 5.69 Å². The smallest absolute Gasteiger partial charge is 0.339 e. The third kappa shape index (κ3) is 5.80. The van der Waals surface area contributed by atoms with Crippen molar-refractivity contribution in [1.82, 2.24) is 13.5 Å². The van der Waals surface area contributed by atoms with Crippen LogP contribution in [0.15, 0.2) is 34.1 Å². The normalized spacial score (nSPS) is 14.0. The highest BCUT2D eigenvalue weighted by Crippen LogP contribution is 2.33. The number of fused-ring (bicyclic) bond motifs is 2. The molecule has 0 unspecified atom stereocenters. The highest BCUT2D eigenvalue weighted by molar-refractivity contribution is 7.03. The van der Waals surface area contributed by atoms with Crippen LogP contribution in [0.5, 0.6) is 0 Å². The first-order chi connectivity index (χ1) is 16.7. The van der Waals surface area contributed by atoms with Gasteiger partial charge in [-0.2, -0.15) is 0 Å². The average molecular weight is 482 g/mol. The van der Waals surface area contributed by atoms with Gasteiger partial charge in [-0.3, -0.25) is 14.5 Å². The van der Waals surface area contributed by atoms with E-state index in [2.05, 4.69) is 36.5 Å². The number of pyridine rings is 1. The van der Waals surface area contributed by atoms with Gasteiger partial charge in [0.2, 0.25) is 4.80 Å². The Hall–Kier alpha value is -2.41. The number of nitrogens with one attached hydrogen (secondary N) is 1. The lowest BCUT2D eigenvalue weighted by Gasteiger charge is -2.21. The lowest BCUT2D eigenvalue weighted by Crippen LogP contribution is -2.28. The minimum Gasteiger partial charge on any atom is -0.384 e. The Morgan fingerprint density at radius 2 is 1.85 bits per heavy atom. The van der Waals surface area contributed by atoms with Gasteiger partial charge in [-0.25, -0.2) is 8.75 Å². The van der Waals surface area contributed by atoms with E-state index >= 15 is 0 Å². The molecule has 1 aromatic carbocycles. The summed E-state index contributed by atoms with van der Waals surface area (Å²) in [5.74, 6) is 0. The number of hydrogen-bond donors (Lipinski definition) is 1. The Morgan fingerprint density at radius 1 is 1.06 bits per heavy atom. The molecular formula is C27H39N5OS. The molecule has 0 aliphatic heterocycles. The van der Waals surface area contributed by atoms with Crippen molar-refractivity contribution in [2.75, 3.05) is 18.4 Å². The minimum atomic E-state index is 0.0869. The molecule has 0 amide bonds. The van der Waals surface area contributed by atoms with Gasteiger partial charge in [0.25, 0.3) is 0 Å². The molecule has 34 heavy (non-hydrogen) atoms. The topological polar surface area (TPSA) is 64.2 Å². The summed E-state index contributed by atoms with van der Waals surface area (Å²) < 4.78 is 3.63. The maximum Gasteiger partial charge on any atom is 0.339 e. The SMILES string of the molecule is CCCn1sc(=NCCCCCCCNc2c3c(nc4ccccc24)CCCC3)n(CC)c1=O. The van der Waals surface area contributed by atoms with E-state index in [0.717, 1.165) is 55.6 Å². The average Bonchev–Trinajstić information content (AvgIpc) is 3.16. The van der Waals surface area contributed by atoms with Crippen LogP contribution in [-0.4, -0.2) is 26.6 Å². The third-order valence-electron chi connectivity index (χ3n) is 6.66. The van der Waals surface area contributed by atoms with E-state index in [1.54, 1.807) is 4.57 Å². The molecule has 0 fully saturated rings. The van der Waals surface area contributed by atoms with E-state index < -0.39 is 0 Å². The Balaban J connectivity index is 1.22. The van der Waals surface area contributed by atoms with Gasteiger partial charge in [0, 0.05) is 42.9 Å². The van der Waals surface area contributed by atoms with Gasteiger partial charge in [-0.15, -0.1) is 0 Å². The second-order valence-corrected chi connectivity index (χ2v) is 10.2. The molecule has 184 valence electrons. The lowest BCUT2D eigenvalue weighted by atomic mass is 9.92. The number of benzene rings is 1. The Kier molecular flexibility index (Phi) is 8.97. The molecule has 6 nitrogen and oxygen atoms in total. The molecule has 7 heteroatoms. The van der Waals surface area contributed by atoms with Gasteiger partial charge in [0.1, 0.15) is 0 Å². The third-order valence-corrected chi connectivity index (χ3v) is 7.73. The van der Waals surface area contributed by atoms with Crippen molar-refractivity contribution in [2.45, 2.75) is 91.1 Å². The number of rotatable bonds is 12. The highest BCUT2D eigenvalue weighted by atomic mass is 32.1. The number of para-hydroxylation sites is 1. The highest BCUT2D eigenvalue weighted by Gasteiger charge is 2.17. The largest absolute Gasteiger partial charge is 0.384 e. The minimum absolute atomic E-state index is 0.0869. The summed E-state index contributed by atoms with van der Waals surface area (Å²) in [4.78, 5) is 22.9. The van der Waals surface area contributed by atoms with Crippen molar-refractivity contribution in [2.24, 2.45) is 4.99 Å². The van der Waals surface area contributed by atoms with Crippen LogP contribution in [0, 0.1) is 0 Å². The second-order valence-electron chi connectivity index (χ2n) is 9.22. The molecule has 0 atom stereocenters. The molecule has 2 aromatic heterocycles. The van der Waals surface area contributed by atoms with Crippen LogP contribution in [0.2, 0.25) is 0 Å². The summed E-state index contributed by atoms with van der Waals surface area (Å²) in [5, 5.41) is 5.05. The Bertz CT molecular complexity index is 1210. The monoisotopic (exact) mass is 481 g/mol. The van der Waals surface area contributed by atoms with E-state index in [0.29, 0.717) is 6.54 Å². The Labute approximate surface area is 206 Å². The molecule has 1 N–H and O–H groups in total. The summed E-state index contributed by atoms with van der Waals surface area (Å²) in [6.45, 7) is 7.41. The number of anilines is 1. The van der Waals surface area contributed by atoms with Gasteiger partial charge in [-0.1, -0.05) is 44.4 Å². The standard InChI is InChI=1S/C27H39N5OS/c1-3-20-32-27(33)31(4-2)26(34-32)29-19-13-7-5-6-12-18-28-25-21-14-8-10-16-23(21)30-24-17-11-9-15-22(24)25/h8,10,14,16H,3-7,9,11-13,15,17-20H2,1-2H3,(H,28,30). The summed E-state index contributed by atoms with van der Waals surface area (Å²) in [7, 11) is 0. The fourth-order valence-electron chi connectivity index (χ4n) is 4.86. The fraction of sp³-hybridized carbons (Fsp3) is 0.593. The maximum absolute atomic E-state index is 12.4. The molecule has 0 saturated heterocycles. The molecule has 4 rings (SSSR count). The predicted octanol–water partition coefficient (Wildman–Crippen LogP) is 5.53. The van der Waals surface area contributed by atoms with Crippen molar-refractivity contribution in [3.8, 4) is 0 Å². The van der Waals surface area contributed by atoms with Crippen molar-refractivity contribution in [3.63, 3.8) is 0 Å². The summed E-state index contributed by atoms with van der Waals surface area (Å²) >= 11 is 1.51. The van der Waals surface area contributed by atoms with Crippen LogP contribution >= 0.6 is 11.5 Å². The molecule has 3 aromatic rings. The van der Waals surface area contributed by atoms with Crippen LogP contribution in [0.3, 0.4) is 0 Å². The number of hydrogen-bond acceptors (Lipinski definition) is 5. The van der Waals surface area contributed by atoms with Crippen LogP contribution in [0.25, 0.3) is 10.9 Å². The zero-order chi connectivity index (χ0) is 23.8. The van der Waals surface area contributed by atoms with E-state index in [-0.39, 0.29) is 5.69 Å². The molecule has 0 bridgehead atoms. The van der Waals surface area contributed by atoms with E-state index in [1.165, 1.54) is 72.4 Å². The lowest BCUT2D eigenvalue weighted by molar-refractivity contribution is 0.609. The van der Waals surface area contributed by atoms with Gasteiger partial charge in [-0.05, 0) is 75.0 Å². The number of nitrogens with zero attached hydrogens (tertiary/aromatic N) is 4. The van der Waals surface area contributed by atoms with Crippen molar-refractivity contribution in [1.29, 1.82) is 0 Å². The van der Waals surface area contributed by atoms with Crippen molar-refractivity contribution >= 4 is 28.1 Å². The van der Waals surface area contributed by atoms with E-state index in [9.17, 15) is 4.79 Å². The van der Waals surface area contributed by atoms with Crippen LogP contribution in [-0.2, 0) is 25.9 Å². The van der Waals surface area contributed by atoms with Gasteiger partial charge in [0.05, 0.1) is 5.52 Å². The summed E-state index contributed by atoms with van der Waals surface area (Å²) in [6.07, 6.45) is 11.7. The molecule has 2 heterocycles. The van der Waals surface area contributed by atoms with Crippen LogP contribution < -0.4 is 15.8 Å². The Morgan fingerprint density at radius 3 is 2.71 bits per heavy atom. The fourth-order valence-corrected chi connectivity index (χ4v) is 5.96. The summed E-state index contributed by atoms with van der Waals surface area (Å²) in [5.41, 5.74) is 5.29. The zero-order valence-electron chi connectivity index (χ0n) is 20.8. The molecule has 0 saturated carbocycles. The van der Waals surface area contributed by atoms with Crippen LogP contribution in [0.4, 0.5) is 5.69 Å². The van der Waals surface area contributed by atoms with Crippen molar-refractivity contribution in [3.05, 3.63) is 50.8 Å². The molecule has 1 aliphatic rings. The molecular weight excluding hydrogens is 442 g/mol. The van der Waals surface area contributed by atoms with Crippen LogP contribution in [0.1, 0.15) is 76.5 Å². The molecule has 0 radical (unpaired) electrons. The quantitative estimate of drug-likeness (QED) is 0.346. The number of aryl methyl sites for hydroxylation is 2. The van der Waals surface area contributed by atoms with Gasteiger partial charge < -0.3 is 5.32 Å². The molecule has 0 spiro atoms. The summed E-state index contributed by atoms with van der Waals surface area (Å²) in [6, 6.07) is 8.55. The molecule has 1 aliphatic carbocycles. The number of aromatic nitrogens is 3. The van der Waals surface area contributed by atoms with E-state index in [1.807, 2.05) is 10.9 Å². The first-order valence-corrected chi connectivity index (χ1v) is 14.0. The zero-order valence-corrected chi connectivity index (χ0v) is 21.6. The maximum atomic E-state index is 12.4. The van der Waals surface area contributed by atoms with Crippen molar-refractivity contribution < 1.29 is 0 Å². The van der Waals surface area contributed by atoms with E-state index in [4.69, 9.17) is 9.98 Å². The predicted molar refractivity (Wildman–Crippen MR) is 143 cm³/mol. The second kappa shape index (κ2) is 12.3. The number of unbranched alkanes of at least 4 members (excludes halogenated alkanes) is 4. The first kappa shape index (κ1) is 24.7.